The predicted molar refractivity (Wildman–Crippen MR) is 63.3 cm³/mol. The number of hydrogen-bond donors (Lipinski definition) is 3. The van der Waals surface area contributed by atoms with Crippen molar-refractivity contribution in [3.8, 4) is 0 Å². The number of nitrogens with zero attached hydrogens (tertiary/aromatic N) is 1. The monoisotopic (exact) mass is 277 g/mol. The van der Waals surface area contributed by atoms with Crippen LogP contribution in [0.5, 0.6) is 0 Å². The molecule has 0 bridgehead atoms. The molecule has 0 aliphatic carbocycles. The molecule has 4 N–H and O–H groups in total. The van der Waals surface area contributed by atoms with Crippen LogP contribution in [0.25, 0.3) is 0 Å². The summed E-state index contributed by atoms with van der Waals surface area (Å²) in [6, 6.07) is 3.05. The number of hydrazine groups is 1. The Bertz CT molecular complexity index is 463. The van der Waals surface area contributed by atoms with Crippen molar-refractivity contribution in [2.75, 3.05) is 25.6 Å². The molecule has 0 aliphatic rings. The van der Waals surface area contributed by atoms with Gasteiger partial charge in [-0.1, -0.05) is 0 Å². The molecule has 8 heteroatoms. The van der Waals surface area contributed by atoms with Crippen molar-refractivity contribution in [3.63, 3.8) is 0 Å². The molecular weight excluding hydrogens is 263 g/mol. The van der Waals surface area contributed by atoms with E-state index in [1.807, 2.05) is 5.43 Å². The highest BCUT2D eigenvalue weighted by atomic mass is 19.4. The van der Waals surface area contributed by atoms with Gasteiger partial charge in [0.2, 0.25) is 0 Å². The molecule has 0 radical (unpaired) electrons. The highest BCUT2D eigenvalue weighted by molar-refractivity contribution is 5.94. The molecule has 1 amide bonds. The van der Waals surface area contributed by atoms with Crippen LogP contribution in [0.15, 0.2) is 18.2 Å². The highest BCUT2D eigenvalue weighted by Gasteiger charge is 2.34. The van der Waals surface area contributed by atoms with Crippen LogP contribution in [-0.4, -0.2) is 36.1 Å². The number of anilines is 1. The number of amides is 1. The average Bonchev–Trinajstić information content (AvgIpc) is 2.36. The van der Waals surface area contributed by atoms with Crippen molar-refractivity contribution in [1.29, 1.82) is 0 Å². The Morgan fingerprint density at radius 3 is 2.58 bits per heavy atom. The topological polar surface area (TPSA) is 78.6 Å². The number of aliphatic hydroxyl groups is 1. The molecule has 0 aliphatic heterocycles. The molecule has 0 atom stereocenters. The zero-order chi connectivity index (χ0) is 14.6. The number of alkyl halides is 3. The lowest BCUT2D eigenvalue weighted by Crippen LogP contribution is -2.29. The molecule has 0 unspecified atom stereocenters. The van der Waals surface area contributed by atoms with E-state index in [9.17, 15) is 18.0 Å². The SMILES string of the molecule is CN(CCO)C(=O)c1ccc(NN)c(C(F)(F)F)c1. The van der Waals surface area contributed by atoms with Gasteiger partial charge >= 0.3 is 6.18 Å². The Morgan fingerprint density at radius 1 is 1.47 bits per heavy atom. The average molecular weight is 277 g/mol. The van der Waals surface area contributed by atoms with Gasteiger partial charge in [0.1, 0.15) is 0 Å². The van der Waals surface area contributed by atoms with Crippen LogP contribution in [0.3, 0.4) is 0 Å². The van der Waals surface area contributed by atoms with Crippen LogP contribution in [0, 0.1) is 0 Å². The first-order valence-electron chi connectivity index (χ1n) is 5.35. The lowest BCUT2D eigenvalue weighted by atomic mass is 10.1. The van der Waals surface area contributed by atoms with Crippen LogP contribution in [0.4, 0.5) is 18.9 Å². The van der Waals surface area contributed by atoms with Gasteiger partial charge in [0.05, 0.1) is 17.9 Å². The van der Waals surface area contributed by atoms with Gasteiger partial charge in [-0.3, -0.25) is 10.6 Å². The van der Waals surface area contributed by atoms with Gasteiger partial charge in [-0.2, -0.15) is 13.2 Å². The molecule has 0 aromatic heterocycles. The van der Waals surface area contributed by atoms with E-state index >= 15 is 0 Å². The van der Waals surface area contributed by atoms with Gasteiger partial charge in [0.25, 0.3) is 5.91 Å². The molecule has 0 spiro atoms. The molecular formula is C11H14F3N3O2. The third-order valence-corrected chi connectivity index (χ3v) is 2.51. The number of rotatable bonds is 4. The van der Waals surface area contributed by atoms with Crippen LogP contribution in [0.1, 0.15) is 15.9 Å². The fourth-order valence-corrected chi connectivity index (χ4v) is 1.51. The van der Waals surface area contributed by atoms with E-state index in [0.717, 1.165) is 17.0 Å². The number of hydrogen-bond acceptors (Lipinski definition) is 4. The van der Waals surface area contributed by atoms with Gasteiger partial charge in [-0.15, -0.1) is 0 Å². The molecule has 19 heavy (non-hydrogen) atoms. The minimum Gasteiger partial charge on any atom is -0.395 e. The Hall–Kier alpha value is -1.80. The van der Waals surface area contributed by atoms with E-state index in [0.29, 0.717) is 0 Å². The minimum absolute atomic E-state index is 0.0388. The smallest absolute Gasteiger partial charge is 0.395 e. The maximum atomic E-state index is 12.8. The van der Waals surface area contributed by atoms with Crippen LogP contribution < -0.4 is 11.3 Å². The Balaban J connectivity index is 3.15. The predicted octanol–water partition coefficient (Wildman–Crippen LogP) is 1.06. The van der Waals surface area contributed by atoms with Crippen LogP contribution in [-0.2, 0) is 6.18 Å². The lowest BCUT2D eigenvalue weighted by molar-refractivity contribution is -0.137. The maximum absolute atomic E-state index is 12.8. The van der Waals surface area contributed by atoms with E-state index in [-0.39, 0.29) is 24.4 Å². The van der Waals surface area contributed by atoms with E-state index < -0.39 is 17.6 Å². The number of halogens is 3. The van der Waals surface area contributed by atoms with Crippen molar-refractivity contribution in [2.45, 2.75) is 6.18 Å². The summed E-state index contributed by atoms with van der Waals surface area (Å²) in [7, 11) is 1.39. The molecule has 0 saturated heterocycles. The molecule has 0 saturated carbocycles. The second-order valence-electron chi connectivity index (χ2n) is 3.85. The zero-order valence-corrected chi connectivity index (χ0v) is 10.2. The molecule has 0 fully saturated rings. The first-order valence-corrected chi connectivity index (χ1v) is 5.35. The Labute approximate surface area is 107 Å². The molecule has 5 nitrogen and oxygen atoms in total. The Morgan fingerprint density at radius 2 is 2.11 bits per heavy atom. The number of benzene rings is 1. The summed E-state index contributed by atoms with van der Waals surface area (Å²) in [5.74, 6) is 4.39. The number of nitrogen functional groups attached to an aromatic ring is 1. The molecule has 106 valence electrons. The zero-order valence-electron chi connectivity index (χ0n) is 10.2. The number of carbonyl (C=O) groups is 1. The van der Waals surface area contributed by atoms with Gasteiger partial charge in [-0.05, 0) is 18.2 Å². The van der Waals surface area contributed by atoms with Crippen molar-refractivity contribution in [1.82, 2.24) is 4.90 Å². The van der Waals surface area contributed by atoms with E-state index in [1.54, 1.807) is 0 Å². The third kappa shape index (κ3) is 3.58. The van der Waals surface area contributed by atoms with Crippen molar-refractivity contribution in [3.05, 3.63) is 29.3 Å². The van der Waals surface area contributed by atoms with E-state index in [4.69, 9.17) is 10.9 Å². The highest BCUT2D eigenvalue weighted by Crippen LogP contribution is 2.35. The molecule has 1 rings (SSSR count). The summed E-state index contributed by atoms with van der Waals surface area (Å²) >= 11 is 0. The summed E-state index contributed by atoms with van der Waals surface area (Å²) in [6.07, 6.45) is -4.62. The summed E-state index contributed by atoms with van der Waals surface area (Å²) in [4.78, 5) is 12.9. The van der Waals surface area contributed by atoms with Crippen LogP contribution >= 0.6 is 0 Å². The second kappa shape index (κ2) is 5.89. The van der Waals surface area contributed by atoms with Crippen molar-refractivity contribution < 1.29 is 23.1 Å². The summed E-state index contributed by atoms with van der Waals surface area (Å²) < 4.78 is 38.3. The largest absolute Gasteiger partial charge is 0.418 e. The number of likely N-dealkylation sites (N-methyl/N-ethyl adjacent to an activating group) is 1. The fraction of sp³-hybridized carbons (Fsp3) is 0.364. The van der Waals surface area contributed by atoms with Gasteiger partial charge in [0, 0.05) is 19.2 Å². The molecule has 1 aromatic rings. The Kier molecular flexibility index (Phi) is 4.73. The lowest BCUT2D eigenvalue weighted by Gasteiger charge is -2.18. The van der Waals surface area contributed by atoms with Gasteiger partial charge < -0.3 is 15.4 Å². The standard InChI is InChI=1S/C11H14F3N3O2/c1-17(4-5-18)10(19)7-2-3-9(16-15)8(6-7)11(12,13)14/h2-3,6,16,18H,4-5,15H2,1H3. The summed E-state index contributed by atoms with van der Waals surface area (Å²) in [5.41, 5.74) is 0.488. The van der Waals surface area contributed by atoms with Crippen molar-refractivity contribution in [2.24, 2.45) is 5.84 Å². The van der Waals surface area contributed by atoms with Crippen LogP contribution in [0.2, 0.25) is 0 Å². The third-order valence-electron chi connectivity index (χ3n) is 2.51. The number of carbonyl (C=O) groups excluding carboxylic acids is 1. The molecule has 1 aromatic carbocycles. The first-order chi connectivity index (χ1) is 8.81. The van der Waals surface area contributed by atoms with Gasteiger partial charge in [-0.25, -0.2) is 0 Å². The number of aliphatic hydroxyl groups excluding tert-OH is 1. The van der Waals surface area contributed by atoms with Crippen molar-refractivity contribution >= 4 is 11.6 Å². The number of nitrogens with two attached hydrogens (primary N) is 1. The quantitative estimate of drug-likeness (QED) is 0.568. The molecule has 0 heterocycles. The minimum atomic E-state index is -4.62. The van der Waals surface area contributed by atoms with E-state index in [2.05, 4.69) is 0 Å². The summed E-state index contributed by atoms with van der Waals surface area (Å²) in [6.45, 7) is -0.228. The maximum Gasteiger partial charge on any atom is 0.418 e. The number of nitrogens with one attached hydrogen (secondary N) is 1. The summed E-state index contributed by atoms with van der Waals surface area (Å²) in [5, 5.41) is 8.70. The first kappa shape index (κ1) is 15.3. The van der Waals surface area contributed by atoms with Gasteiger partial charge in [0.15, 0.2) is 0 Å². The fourth-order valence-electron chi connectivity index (χ4n) is 1.51. The second-order valence-corrected chi connectivity index (χ2v) is 3.85. The van der Waals surface area contributed by atoms with E-state index in [1.165, 1.54) is 13.1 Å². The normalized spacial score (nSPS) is 11.3.